The van der Waals surface area contributed by atoms with Gasteiger partial charge in [0.2, 0.25) is 0 Å². The van der Waals surface area contributed by atoms with Crippen molar-refractivity contribution in [2.75, 3.05) is 14.2 Å². The van der Waals surface area contributed by atoms with Crippen LogP contribution in [0.15, 0.2) is 42.5 Å². The summed E-state index contributed by atoms with van der Waals surface area (Å²) in [6.07, 6.45) is 0. The fourth-order valence-electron chi connectivity index (χ4n) is 2.00. The van der Waals surface area contributed by atoms with Crippen molar-refractivity contribution in [2.24, 2.45) is 0 Å². The first-order valence-electron chi connectivity index (χ1n) is 5.99. The number of carbonyl (C=O) groups excluding carboxylic acids is 1. The van der Waals surface area contributed by atoms with Crippen molar-refractivity contribution in [1.82, 2.24) is 0 Å². The van der Waals surface area contributed by atoms with Gasteiger partial charge < -0.3 is 9.47 Å². The van der Waals surface area contributed by atoms with Crippen molar-refractivity contribution in [3.05, 3.63) is 48.0 Å². The maximum absolute atomic E-state index is 11.6. The highest BCUT2D eigenvalue weighted by Crippen LogP contribution is 2.39. The van der Waals surface area contributed by atoms with E-state index in [0.717, 1.165) is 11.1 Å². The molecule has 0 N–H and O–H groups in total. The van der Waals surface area contributed by atoms with Crippen LogP contribution in [0.25, 0.3) is 11.1 Å². The average molecular weight is 256 g/mol. The van der Waals surface area contributed by atoms with Crippen LogP contribution in [0.1, 0.15) is 17.3 Å². The molecule has 0 aromatic heterocycles. The summed E-state index contributed by atoms with van der Waals surface area (Å²) in [5.41, 5.74) is 2.45. The molecule has 2 aromatic carbocycles. The Kier molecular flexibility index (Phi) is 3.85. The zero-order chi connectivity index (χ0) is 13.8. The second-order valence-corrected chi connectivity index (χ2v) is 4.18. The third kappa shape index (κ3) is 2.60. The minimum absolute atomic E-state index is 0.00173. The van der Waals surface area contributed by atoms with Crippen LogP contribution < -0.4 is 9.47 Å². The summed E-state index contributed by atoms with van der Waals surface area (Å²) in [6, 6.07) is 13.3. The lowest BCUT2D eigenvalue weighted by Crippen LogP contribution is -1.99. The summed E-state index contributed by atoms with van der Waals surface area (Å²) in [6.45, 7) is 1.54. The van der Waals surface area contributed by atoms with Gasteiger partial charge in [-0.2, -0.15) is 0 Å². The Bertz CT molecular complexity index is 588. The maximum atomic E-state index is 11.6. The van der Waals surface area contributed by atoms with Crippen molar-refractivity contribution in [1.29, 1.82) is 0 Å². The maximum Gasteiger partial charge on any atom is 0.168 e. The molecule has 0 fully saturated rings. The Morgan fingerprint density at radius 2 is 1.68 bits per heavy atom. The summed E-state index contributed by atoms with van der Waals surface area (Å²) in [5, 5.41) is 0. The van der Waals surface area contributed by atoms with Crippen molar-refractivity contribution in [2.45, 2.75) is 6.92 Å². The Labute approximate surface area is 112 Å². The quantitative estimate of drug-likeness (QED) is 0.784. The van der Waals surface area contributed by atoms with E-state index in [-0.39, 0.29) is 5.78 Å². The van der Waals surface area contributed by atoms with Gasteiger partial charge in [0.15, 0.2) is 17.3 Å². The zero-order valence-corrected chi connectivity index (χ0v) is 11.3. The highest BCUT2D eigenvalue weighted by atomic mass is 16.5. The third-order valence-corrected chi connectivity index (χ3v) is 2.97. The van der Waals surface area contributed by atoms with Crippen molar-refractivity contribution in [3.8, 4) is 22.6 Å². The van der Waals surface area contributed by atoms with E-state index in [0.29, 0.717) is 17.1 Å². The number of carbonyl (C=O) groups is 1. The minimum Gasteiger partial charge on any atom is -0.493 e. The topological polar surface area (TPSA) is 35.5 Å². The molecule has 0 aliphatic heterocycles. The van der Waals surface area contributed by atoms with E-state index in [9.17, 15) is 4.79 Å². The van der Waals surface area contributed by atoms with Crippen molar-refractivity contribution in [3.63, 3.8) is 0 Å². The smallest absolute Gasteiger partial charge is 0.168 e. The third-order valence-electron chi connectivity index (χ3n) is 2.97. The molecule has 0 atom stereocenters. The van der Waals surface area contributed by atoms with Gasteiger partial charge in [-0.05, 0) is 24.6 Å². The molecule has 0 spiro atoms. The molecule has 3 nitrogen and oxygen atoms in total. The number of hydrogen-bond donors (Lipinski definition) is 0. The number of hydrogen-bond acceptors (Lipinski definition) is 3. The first kappa shape index (κ1) is 13.1. The lowest BCUT2D eigenvalue weighted by Gasteiger charge is -2.14. The predicted octanol–water partition coefficient (Wildman–Crippen LogP) is 3.57. The van der Waals surface area contributed by atoms with Gasteiger partial charge >= 0.3 is 0 Å². The number of rotatable bonds is 4. The standard InChI is InChI=1S/C16H16O3/c1-11(17)13-9-14(12-7-5-4-6-8-12)16(19-3)15(10-13)18-2/h4-10H,1-3H3. The molecule has 3 heteroatoms. The first-order valence-corrected chi connectivity index (χ1v) is 5.99. The monoisotopic (exact) mass is 256 g/mol. The molecule has 0 aliphatic rings. The van der Waals surface area contributed by atoms with Crippen molar-refractivity contribution >= 4 is 5.78 Å². The summed E-state index contributed by atoms with van der Waals surface area (Å²) in [7, 11) is 3.16. The number of Topliss-reactive ketones (excluding diaryl/α,β-unsaturated/α-hetero) is 1. The van der Waals surface area contributed by atoms with Gasteiger partial charge in [-0.25, -0.2) is 0 Å². The Balaban J connectivity index is 2.70. The van der Waals surface area contributed by atoms with Gasteiger partial charge in [0.05, 0.1) is 14.2 Å². The molecular formula is C16H16O3. The van der Waals surface area contributed by atoms with Crippen LogP contribution in [0.5, 0.6) is 11.5 Å². The number of ketones is 1. The largest absolute Gasteiger partial charge is 0.493 e. The van der Waals surface area contributed by atoms with Crippen LogP contribution in [0.3, 0.4) is 0 Å². The molecule has 0 radical (unpaired) electrons. The van der Waals surface area contributed by atoms with Crippen LogP contribution in [-0.2, 0) is 0 Å². The van der Waals surface area contributed by atoms with Gasteiger partial charge in [-0.15, -0.1) is 0 Å². The molecule has 2 rings (SSSR count). The van der Waals surface area contributed by atoms with Crippen LogP contribution >= 0.6 is 0 Å². The lowest BCUT2D eigenvalue weighted by atomic mass is 9.99. The lowest BCUT2D eigenvalue weighted by molar-refractivity contribution is 0.101. The summed E-state index contributed by atoms with van der Waals surface area (Å²) in [5.74, 6) is 1.20. The van der Waals surface area contributed by atoms with Crippen LogP contribution in [0.2, 0.25) is 0 Å². The normalized spacial score (nSPS) is 10.1. The highest BCUT2D eigenvalue weighted by Gasteiger charge is 2.15. The van der Waals surface area contributed by atoms with Crippen LogP contribution in [0, 0.1) is 0 Å². The van der Waals surface area contributed by atoms with Crippen LogP contribution in [0.4, 0.5) is 0 Å². The molecule has 0 saturated heterocycles. The fourth-order valence-corrected chi connectivity index (χ4v) is 2.00. The van der Waals surface area contributed by atoms with E-state index in [1.807, 2.05) is 36.4 Å². The Morgan fingerprint density at radius 3 is 2.21 bits per heavy atom. The number of ether oxygens (including phenoxy) is 2. The molecule has 0 amide bonds. The summed E-state index contributed by atoms with van der Waals surface area (Å²) in [4.78, 5) is 11.6. The van der Waals surface area contributed by atoms with E-state index in [2.05, 4.69) is 0 Å². The molecule has 19 heavy (non-hydrogen) atoms. The molecule has 0 unspecified atom stereocenters. The zero-order valence-electron chi connectivity index (χ0n) is 11.3. The van der Waals surface area contributed by atoms with E-state index >= 15 is 0 Å². The molecule has 98 valence electrons. The molecule has 0 bridgehead atoms. The van der Waals surface area contributed by atoms with Gasteiger partial charge in [0, 0.05) is 11.1 Å². The molecule has 0 heterocycles. The first-order chi connectivity index (χ1) is 9.17. The van der Waals surface area contributed by atoms with Gasteiger partial charge in [0.25, 0.3) is 0 Å². The molecule has 2 aromatic rings. The van der Waals surface area contributed by atoms with Gasteiger partial charge in [-0.1, -0.05) is 30.3 Å². The SMILES string of the molecule is COc1cc(C(C)=O)cc(-c2ccccc2)c1OC. The van der Waals surface area contributed by atoms with Gasteiger partial charge in [0.1, 0.15) is 0 Å². The van der Waals surface area contributed by atoms with Gasteiger partial charge in [-0.3, -0.25) is 4.79 Å². The Hall–Kier alpha value is -2.29. The number of benzene rings is 2. The fraction of sp³-hybridized carbons (Fsp3) is 0.188. The highest BCUT2D eigenvalue weighted by molar-refractivity contribution is 5.97. The molecular weight excluding hydrogens is 240 g/mol. The Morgan fingerprint density at radius 1 is 1.00 bits per heavy atom. The summed E-state index contributed by atoms with van der Waals surface area (Å²) < 4.78 is 10.7. The van der Waals surface area contributed by atoms with E-state index in [1.165, 1.54) is 6.92 Å². The second kappa shape index (κ2) is 5.57. The number of methoxy groups -OCH3 is 2. The molecule has 0 saturated carbocycles. The minimum atomic E-state index is -0.00173. The van der Waals surface area contributed by atoms with E-state index < -0.39 is 0 Å². The average Bonchev–Trinajstić information content (AvgIpc) is 2.46. The molecule has 0 aliphatic carbocycles. The predicted molar refractivity (Wildman–Crippen MR) is 75.0 cm³/mol. The summed E-state index contributed by atoms with van der Waals surface area (Å²) >= 11 is 0. The van der Waals surface area contributed by atoms with E-state index in [4.69, 9.17) is 9.47 Å². The van der Waals surface area contributed by atoms with E-state index in [1.54, 1.807) is 20.3 Å². The van der Waals surface area contributed by atoms with Crippen LogP contribution in [-0.4, -0.2) is 20.0 Å². The second-order valence-electron chi connectivity index (χ2n) is 4.18. The van der Waals surface area contributed by atoms with Crippen molar-refractivity contribution < 1.29 is 14.3 Å².